The summed E-state index contributed by atoms with van der Waals surface area (Å²) in [6.07, 6.45) is 5.71. The van der Waals surface area contributed by atoms with E-state index < -0.39 is 0 Å². The lowest BCUT2D eigenvalue weighted by Gasteiger charge is -2.29. The highest BCUT2D eigenvalue weighted by Crippen LogP contribution is 2.16. The van der Waals surface area contributed by atoms with Crippen LogP contribution in [0.3, 0.4) is 0 Å². The van der Waals surface area contributed by atoms with Crippen molar-refractivity contribution in [1.82, 2.24) is 14.7 Å². The van der Waals surface area contributed by atoms with Crippen molar-refractivity contribution < 1.29 is 5.11 Å². The average molecular weight is 292 g/mol. The molecule has 0 spiro atoms. The van der Waals surface area contributed by atoms with Gasteiger partial charge in [0.25, 0.3) is 0 Å². The number of rotatable bonds is 3. The molecule has 0 aliphatic carbocycles. The number of likely N-dealkylation sites (tertiary alicyclic amines) is 1. The summed E-state index contributed by atoms with van der Waals surface area (Å²) in [6.45, 7) is 2.64. The highest BCUT2D eigenvalue weighted by Gasteiger charge is 2.18. The largest absolute Gasteiger partial charge is 0.392 e. The maximum absolute atomic E-state index is 9.69. The number of aromatic nitrogens is 2. The standard InChI is InChI=1S/C15H18ClN3O/c16-13-3-5-14(6-4-13)19-10-12(8-17-19)9-18-7-1-2-15(20)11-18/h3-6,8,10,15,20H,1-2,7,9,11H2. The van der Waals surface area contributed by atoms with Crippen LogP contribution in [0.25, 0.3) is 5.69 Å². The van der Waals surface area contributed by atoms with Crippen LogP contribution in [0.1, 0.15) is 18.4 Å². The normalized spacial score (nSPS) is 20.2. The van der Waals surface area contributed by atoms with Gasteiger partial charge in [-0.25, -0.2) is 4.68 Å². The molecular weight excluding hydrogens is 274 g/mol. The van der Waals surface area contributed by atoms with Crippen molar-refractivity contribution in [2.45, 2.75) is 25.5 Å². The molecule has 106 valence electrons. The van der Waals surface area contributed by atoms with Crippen molar-refractivity contribution in [1.29, 1.82) is 0 Å². The third kappa shape index (κ3) is 3.20. The number of hydrogen-bond acceptors (Lipinski definition) is 3. The molecule has 1 N–H and O–H groups in total. The summed E-state index contributed by atoms with van der Waals surface area (Å²) in [5.41, 5.74) is 2.16. The van der Waals surface area contributed by atoms with Gasteiger partial charge < -0.3 is 5.11 Å². The molecule has 1 unspecified atom stereocenters. The fourth-order valence-corrected chi connectivity index (χ4v) is 2.74. The Hall–Kier alpha value is -1.36. The van der Waals surface area contributed by atoms with Gasteiger partial charge in [-0.3, -0.25) is 4.90 Å². The molecule has 3 rings (SSSR count). The fraction of sp³-hybridized carbons (Fsp3) is 0.400. The second-order valence-electron chi connectivity index (χ2n) is 5.30. The molecule has 1 atom stereocenters. The van der Waals surface area contributed by atoms with Gasteiger partial charge in [-0.2, -0.15) is 5.10 Å². The van der Waals surface area contributed by atoms with Crippen LogP contribution in [-0.4, -0.2) is 39.0 Å². The van der Waals surface area contributed by atoms with Crippen LogP contribution >= 0.6 is 11.6 Å². The molecule has 0 amide bonds. The lowest BCUT2D eigenvalue weighted by atomic mass is 10.1. The summed E-state index contributed by atoms with van der Waals surface area (Å²) in [5, 5.41) is 14.8. The Balaban J connectivity index is 1.69. The smallest absolute Gasteiger partial charge is 0.0667 e. The SMILES string of the molecule is OC1CCCN(Cc2cnn(-c3ccc(Cl)cc3)c2)C1. The second kappa shape index (κ2) is 5.95. The second-order valence-corrected chi connectivity index (χ2v) is 5.74. The third-order valence-corrected chi connectivity index (χ3v) is 3.87. The summed E-state index contributed by atoms with van der Waals surface area (Å²) >= 11 is 5.89. The van der Waals surface area contributed by atoms with E-state index in [4.69, 9.17) is 11.6 Å². The number of piperidine rings is 1. The van der Waals surface area contributed by atoms with Gasteiger partial charge in [0.15, 0.2) is 0 Å². The number of β-amino-alcohol motifs (C(OH)–C–C–N with tert-alkyl or cyclic N) is 1. The first kappa shape index (κ1) is 13.6. The minimum absolute atomic E-state index is 0.185. The van der Waals surface area contributed by atoms with Crippen LogP contribution in [0.5, 0.6) is 0 Å². The highest BCUT2D eigenvalue weighted by atomic mass is 35.5. The quantitative estimate of drug-likeness (QED) is 0.944. The molecule has 1 aromatic carbocycles. The van der Waals surface area contributed by atoms with Crippen LogP contribution in [-0.2, 0) is 6.54 Å². The minimum atomic E-state index is -0.185. The zero-order valence-electron chi connectivity index (χ0n) is 11.2. The Labute approximate surface area is 123 Å². The maximum Gasteiger partial charge on any atom is 0.0667 e. The summed E-state index contributed by atoms with van der Waals surface area (Å²) in [7, 11) is 0. The van der Waals surface area contributed by atoms with Crippen molar-refractivity contribution in [3.8, 4) is 5.69 Å². The molecule has 1 fully saturated rings. The molecular formula is C15H18ClN3O. The predicted octanol–water partition coefficient (Wildman–Crippen LogP) is 2.48. The zero-order chi connectivity index (χ0) is 13.9. The average Bonchev–Trinajstić information content (AvgIpc) is 2.88. The number of aliphatic hydroxyl groups is 1. The van der Waals surface area contributed by atoms with E-state index in [-0.39, 0.29) is 6.10 Å². The first-order valence-electron chi connectivity index (χ1n) is 6.90. The van der Waals surface area contributed by atoms with Crippen molar-refractivity contribution in [2.75, 3.05) is 13.1 Å². The number of halogens is 1. The van der Waals surface area contributed by atoms with Crippen molar-refractivity contribution in [3.63, 3.8) is 0 Å². The number of aliphatic hydroxyl groups excluding tert-OH is 1. The number of nitrogens with zero attached hydrogens (tertiary/aromatic N) is 3. The highest BCUT2D eigenvalue weighted by molar-refractivity contribution is 6.30. The van der Waals surface area contributed by atoms with E-state index in [2.05, 4.69) is 10.00 Å². The van der Waals surface area contributed by atoms with E-state index in [9.17, 15) is 5.11 Å². The van der Waals surface area contributed by atoms with Gasteiger partial charge in [0.05, 0.1) is 18.0 Å². The van der Waals surface area contributed by atoms with Gasteiger partial charge >= 0.3 is 0 Å². The molecule has 4 nitrogen and oxygen atoms in total. The predicted molar refractivity (Wildman–Crippen MR) is 79.1 cm³/mol. The van der Waals surface area contributed by atoms with Gasteiger partial charge in [0, 0.05) is 29.9 Å². The Morgan fingerprint density at radius 3 is 2.85 bits per heavy atom. The van der Waals surface area contributed by atoms with Crippen LogP contribution in [0.15, 0.2) is 36.7 Å². The van der Waals surface area contributed by atoms with Gasteiger partial charge in [0.1, 0.15) is 0 Å². The Morgan fingerprint density at radius 1 is 1.30 bits per heavy atom. The van der Waals surface area contributed by atoms with Gasteiger partial charge in [-0.1, -0.05) is 11.6 Å². The molecule has 1 saturated heterocycles. The van der Waals surface area contributed by atoms with Gasteiger partial charge in [-0.05, 0) is 43.7 Å². The maximum atomic E-state index is 9.69. The number of benzene rings is 1. The van der Waals surface area contributed by atoms with Crippen LogP contribution in [0, 0.1) is 0 Å². The van der Waals surface area contributed by atoms with Crippen LogP contribution in [0.4, 0.5) is 0 Å². The van der Waals surface area contributed by atoms with Gasteiger partial charge in [-0.15, -0.1) is 0 Å². The molecule has 20 heavy (non-hydrogen) atoms. The topological polar surface area (TPSA) is 41.3 Å². The molecule has 1 aromatic heterocycles. The molecule has 2 heterocycles. The summed E-state index contributed by atoms with van der Waals surface area (Å²) in [4.78, 5) is 2.28. The Kier molecular flexibility index (Phi) is 4.05. The molecule has 1 aliphatic rings. The molecule has 1 aliphatic heterocycles. The summed E-state index contributed by atoms with van der Waals surface area (Å²) in [6, 6.07) is 7.62. The zero-order valence-corrected chi connectivity index (χ0v) is 12.0. The molecule has 0 radical (unpaired) electrons. The van der Waals surface area contributed by atoms with Gasteiger partial charge in [0.2, 0.25) is 0 Å². The van der Waals surface area contributed by atoms with E-state index in [0.29, 0.717) is 0 Å². The molecule has 0 saturated carbocycles. The Bertz CT molecular complexity index is 567. The Morgan fingerprint density at radius 2 is 2.10 bits per heavy atom. The van der Waals surface area contributed by atoms with Crippen molar-refractivity contribution >= 4 is 11.6 Å². The summed E-state index contributed by atoms with van der Waals surface area (Å²) in [5.74, 6) is 0. The molecule has 2 aromatic rings. The molecule has 5 heteroatoms. The van der Waals surface area contributed by atoms with E-state index in [1.54, 1.807) is 0 Å². The first-order chi connectivity index (χ1) is 9.70. The summed E-state index contributed by atoms with van der Waals surface area (Å²) < 4.78 is 1.85. The minimum Gasteiger partial charge on any atom is -0.392 e. The lowest BCUT2D eigenvalue weighted by Crippen LogP contribution is -2.37. The van der Waals surface area contributed by atoms with Crippen molar-refractivity contribution in [2.24, 2.45) is 0 Å². The van der Waals surface area contributed by atoms with E-state index in [1.165, 1.54) is 0 Å². The van der Waals surface area contributed by atoms with E-state index >= 15 is 0 Å². The van der Waals surface area contributed by atoms with Crippen molar-refractivity contribution in [3.05, 3.63) is 47.2 Å². The molecule has 0 bridgehead atoms. The van der Waals surface area contributed by atoms with Crippen LogP contribution in [0.2, 0.25) is 5.02 Å². The number of hydrogen-bond donors (Lipinski definition) is 1. The third-order valence-electron chi connectivity index (χ3n) is 3.61. The first-order valence-corrected chi connectivity index (χ1v) is 7.28. The lowest BCUT2D eigenvalue weighted by molar-refractivity contribution is 0.0668. The fourth-order valence-electron chi connectivity index (χ4n) is 2.61. The van der Waals surface area contributed by atoms with Crippen LogP contribution < -0.4 is 0 Å². The van der Waals surface area contributed by atoms with E-state index in [1.807, 2.05) is 41.3 Å². The monoisotopic (exact) mass is 291 g/mol. The van der Waals surface area contributed by atoms with E-state index in [0.717, 1.165) is 48.7 Å².